The highest BCUT2D eigenvalue weighted by Gasteiger charge is 2.58. The van der Waals surface area contributed by atoms with Gasteiger partial charge in [-0.25, -0.2) is 0 Å². The Balaban J connectivity index is 1.91. The molecule has 1 saturated carbocycles. The van der Waals surface area contributed by atoms with Crippen molar-refractivity contribution < 1.29 is 4.79 Å². The van der Waals surface area contributed by atoms with Gasteiger partial charge in [-0.3, -0.25) is 4.79 Å². The summed E-state index contributed by atoms with van der Waals surface area (Å²) in [5.74, 6) is 0.338. The van der Waals surface area contributed by atoms with Crippen LogP contribution in [-0.2, 0) is 4.79 Å². The van der Waals surface area contributed by atoms with Crippen molar-refractivity contribution >= 4 is 5.91 Å². The van der Waals surface area contributed by atoms with E-state index in [0.717, 1.165) is 6.54 Å². The van der Waals surface area contributed by atoms with Crippen molar-refractivity contribution in [1.82, 2.24) is 14.7 Å². The summed E-state index contributed by atoms with van der Waals surface area (Å²) in [5.41, 5.74) is 0.316. The molecule has 2 heterocycles. The number of likely N-dealkylation sites (N-methyl/N-ethyl adjacent to an activating group) is 2. The maximum absolute atomic E-state index is 12.7. The van der Waals surface area contributed by atoms with E-state index in [1.165, 1.54) is 32.1 Å². The number of piperidine rings is 1. The third kappa shape index (κ3) is 2.08. The van der Waals surface area contributed by atoms with Crippen LogP contribution < -0.4 is 0 Å². The summed E-state index contributed by atoms with van der Waals surface area (Å²) >= 11 is 0. The van der Waals surface area contributed by atoms with Gasteiger partial charge in [-0.05, 0) is 40.4 Å². The standard InChI is InChI=1S/C16H29N3O/c1-16-9-12-10-18(4)13(16)7-5-6-8-14(16)19(12)15(20)11-17(2)3/h12-14H,5-11H2,1-4H3/t12-,13+,14-,16+/m0/s1. The van der Waals surface area contributed by atoms with Crippen molar-refractivity contribution in [3.63, 3.8) is 0 Å². The summed E-state index contributed by atoms with van der Waals surface area (Å²) in [6, 6.07) is 1.58. The second-order valence-electron chi connectivity index (χ2n) is 7.66. The third-order valence-electron chi connectivity index (χ3n) is 5.90. The number of fused-ring (bicyclic) bond motifs is 1. The first-order chi connectivity index (χ1) is 9.43. The maximum atomic E-state index is 12.7. The molecule has 1 amide bonds. The highest BCUT2D eigenvalue weighted by Crippen LogP contribution is 2.52. The van der Waals surface area contributed by atoms with Gasteiger partial charge in [0, 0.05) is 30.1 Å². The molecule has 114 valence electrons. The fourth-order valence-corrected chi connectivity index (χ4v) is 5.21. The van der Waals surface area contributed by atoms with Gasteiger partial charge in [0.2, 0.25) is 5.91 Å². The molecule has 3 aliphatic rings. The molecule has 4 heteroatoms. The van der Waals surface area contributed by atoms with Crippen LogP contribution in [0.3, 0.4) is 0 Å². The molecule has 1 aliphatic carbocycles. The number of carbonyl (C=O) groups excluding carboxylic acids is 1. The van der Waals surface area contributed by atoms with Crippen molar-refractivity contribution in [3.8, 4) is 0 Å². The summed E-state index contributed by atoms with van der Waals surface area (Å²) in [4.78, 5) is 19.5. The Kier molecular flexibility index (Phi) is 3.57. The van der Waals surface area contributed by atoms with Crippen molar-refractivity contribution in [2.75, 3.05) is 34.2 Å². The van der Waals surface area contributed by atoms with Gasteiger partial charge in [0.1, 0.15) is 0 Å². The summed E-state index contributed by atoms with van der Waals surface area (Å²) in [6.45, 7) is 4.06. The quantitative estimate of drug-likeness (QED) is 0.765. The molecular formula is C16H29N3O. The average Bonchev–Trinajstić information content (AvgIpc) is 2.46. The van der Waals surface area contributed by atoms with Crippen molar-refractivity contribution in [3.05, 3.63) is 0 Å². The van der Waals surface area contributed by atoms with Gasteiger partial charge in [0.25, 0.3) is 0 Å². The lowest BCUT2D eigenvalue weighted by molar-refractivity contribution is -0.135. The number of likely N-dealkylation sites (tertiary alicyclic amines) is 2. The van der Waals surface area contributed by atoms with E-state index in [1.54, 1.807) is 0 Å². The number of hydrogen-bond acceptors (Lipinski definition) is 3. The molecule has 3 rings (SSSR count). The minimum absolute atomic E-state index is 0.316. The minimum atomic E-state index is 0.316. The molecule has 3 fully saturated rings. The van der Waals surface area contributed by atoms with E-state index in [-0.39, 0.29) is 0 Å². The van der Waals surface area contributed by atoms with E-state index < -0.39 is 0 Å². The Morgan fingerprint density at radius 2 is 1.90 bits per heavy atom. The number of carbonyl (C=O) groups is 1. The minimum Gasteiger partial charge on any atom is -0.334 e. The van der Waals surface area contributed by atoms with E-state index in [4.69, 9.17) is 0 Å². The summed E-state index contributed by atoms with van der Waals surface area (Å²) in [5, 5.41) is 0. The fraction of sp³-hybridized carbons (Fsp3) is 0.938. The molecule has 2 bridgehead atoms. The van der Waals surface area contributed by atoms with Gasteiger partial charge >= 0.3 is 0 Å². The maximum Gasteiger partial charge on any atom is 0.237 e. The summed E-state index contributed by atoms with van der Waals surface area (Å²) in [7, 11) is 6.24. The molecule has 0 aromatic rings. The average molecular weight is 279 g/mol. The Labute approximate surface area is 123 Å². The normalized spacial score (nSPS) is 41.0. The van der Waals surface area contributed by atoms with Crippen molar-refractivity contribution in [2.24, 2.45) is 5.41 Å². The molecule has 0 spiro atoms. The van der Waals surface area contributed by atoms with Crippen LogP contribution >= 0.6 is 0 Å². The second-order valence-corrected chi connectivity index (χ2v) is 7.66. The second kappa shape index (κ2) is 4.99. The van der Waals surface area contributed by atoms with Crippen LogP contribution in [0, 0.1) is 5.41 Å². The number of rotatable bonds is 2. The Morgan fingerprint density at radius 1 is 1.25 bits per heavy atom. The molecule has 0 aromatic carbocycles. The SMILES string of the molecule is CN(C)CC(=O)N1[C@@H]2CN(C)[C@@H]3CCCC[C@H]1[C@]3(C)C2. The first-order valence-corrected chi connectivity index (χ1v) is 8.09. The van der Waals surface area contributed by atoms with Gasteiger partial charge in [-0.2, -0.15) is 0 Å². The lowest BCUT2D eigenvalue weighted by Crippen LogP contribution is -2.51. The lowest BCUT2D eigenvalue weighted by atomic mass is 9.71. The molecule has 0 aromatic heterocycles. The van der Waals surface area contributed by atoms with Gasteiger partial charge in [-0.15, -0.1) is 0 Å². The van der Waals surface area contributed by atoms with Gasteiger partial charge in [-0.1, -0.05) is 19.8 Å². The van der Waals surface area contributed by atoms with E-state index in [9.17, 15) is 4.79 Å². The van der Waals surface area contributed by atoms with E-state index in [1.807, 2.05) is 19.0 Å². The van der Waals surface area contributed by atoms with Crippen molar-refractivity contribution in [1.29, 1.82) is 0 Å². The third-order valence-corrected chi connectivity index (χ3v) is 5.90. The van der Waals surface area contributed by atoms with E-state index in [2.05, 4.69) is 23.8 Å². The number of nitrogens with zero attached hydrogens (tertiary/aromatic N) is 3. The smallest absolute Gasteiger partial charge is 0.237 e. The first kappa shape index (κ1) is 14.3. The zero-order chi connectivity index (χ0) is 14.5. The summed E-state index contributed by atoms with van der Waals surface area (Å²) in [6.07, 6.45) is 6.33. The summed E-state index contributed by atoms with van der Waals surface area (Å²) < 4.78 is 0. The number of hydrogen-bond donors (Lipinski definition) is 0. The Morgan fingerprint density at radius 3 is 2.55 bits per heavy atom. The molecule has 4 nitrogen and oxygen atoms in total. The molecule has 0 radical (unpaired) electrons. The van der Waals surface area contributed by atoms with E-state index in [0.29, 0.717) is 36.0 Å². The van der Waals surface area contributed by atoms with Crippen LogP contribution in [0.1, 0.15) is 39.0 Å². The van der Waals surface area contributed by atoms with E-state index >= 15 is 0 Å². The highest BCUT2D eigenvalue weighted by molar-refractivity contribution is 5.79. The van der Waals surface area contributed by atoms with Crippen molar-refractivity contribution in [2.45, 2.75) is 57.2 Å². The molecule has 0 N–H and O–H groups in total. The Hall–Kier alpha value is -0.610. The highest BCUT2D eigenvalue weighted by atomic mass is 16.2. The van der Waals surface area contributed by atoms with Crippen LogP contribution in [0.5, 0.6) is 0 Å². The Bertz CT molecular complexity index is 397. The van der Waals surface area contributed by atoms with Gasteiger partial charge in [0.15, 0.2) is 0 Å². The zero-order valence-corrected chi connectivity index (χ0v) is 13.4. The zero-order valence-electron chi connectivity index (χ0n) is 13.4. The monoisotopic (exact) mass is 279 g/mol. The molecule has 0 unspecified atom stereocenters. The predicted molar refractivity (Wildman–Crippen MR) is 80.6 cm³/mol. The van der Waals surface area contributed by atoms with Crippen LogP contribution in [0.15, 0.2) is 0 Å². The lowest BCUT2D eigenvalue weighted by Gasteiger charge is -2.44. The first-order valence-electron chi connectivity index (χ1n) is 8.09. The van der Waals surface area contributed by atoms with Crippen LogP contribution in [0.25, 0.3) is 0 Å². The molecule has 2 saturated heterocycles. The van der Waals surface area contributed by atoms with Crippen LogP contribution in [0.4, 0.5) is 0 Å². The molecule has 2 aliphatic heterocycles. The van der Waals surface area contributed by atoms with Gasteiger partial charge < -0.3 is 14.7 Å². The topological polar surface area (TPSA) is 26.8 Å². The predicted octanol–water partition coefficient (Wildman–Crippen LogP) is 1.41. The molecular weight excluding hydrogens is 250 g/mol. The molecule has 4 atom stereocenters. The van der Waals surface area contributed by atoms with Gasteiger partial charge in [0.05, 0.1) is 6.54 Å². The number of amides is 1. The molecule has 20 heavy (non-hydrogen) atoms. The largest absolute Gasteiger partial charge is 0.334 e. The van der Waals surface area contributed by atoms with Crippen LogP contribution in [-0.4, -0.2) is 73.0 Å². The van der Waals surface area contributed by atoms with Crippen LogP contribution in [0.2, 0.25) is 0 Å². The fourth-order valence-electron chi connectivity index (χ4n) is 5.21.